The molecule has 1 aliphatic rings. The van der Waals surface area contributed by atoms with E-state index in [1.54, 1.807) is 12.3 Å². The van der Waals surface area contributed by atoms with Crippen LogP contribution >= 0.6 is 0 Å². The number of rotatable bonds is 4. The molecule has 0 aliphatic carbocycles. The zero-order valence-electron chi connectivity index (χ0n) is 10.5. The molecular formula is C12H17N3O3. The van der Waals surface area contributed by atoms with E-state index in [0.29, 0.717) is 26.2 Å². The number of Topliss-reactive ketones (excluding diaryl/α,β-unsaturated/α-hetero) is 1. The number of nitrogens with zero attached hydrogens (tertiary/aromatic N) is 3. The molecule has 2 rings (SSSR count). The molecule has 0 spiro atoms. The van der Waals surface area contributed by atoms with Crippen LogP contribution in [0.3, 0.4) is 0 Å². The zero-order valence-corrected chi connectivity index (χ0v) is 10.5. The summed E-state index contributed by atoms with van der Waals surface area (Å²) in [6.45, 7) is 4.75. The van der Waals surface area contributed by atoms with Crippen LogP contribution in [0.15, 0.2) is 17.1 Å². The number of morpholine rings is 1. The lowest BCUT2D eigenvalue weighted by Crippen LogP contribution is -2.37. The van der Waals surface area contributed by atoms with E-state index in [-0.39, 0.29) is 11.3 Å². The molecule has 1 fully saturated rings. The molecule has 0 aromatic carbocycles. The molecule has 0 atom stereocenters. The topological polar surface area (TPSA) is 64.4 Å². The number of carbonyl (C=O) groups excluding carboxylic acids is 1. The SMILES string of the molecule is CC(=O)CCn1ncc(N2CCOCC2)cc1=O. The summed E-state index contributed by atoms with van der Waals surface area (Å²) in [5, 5.41) is 4.09. The number of anilines is 1. The fourth-order valence-electron chi connectivity index (χ4n) is 1.85. The van der Waals surface area contributed by atoms with E-state index in [1.165, 1.54) is 11.6 Å². The molecule has 1 aromatic heterocycles. The highest BCUT2D eigenvalue weighted by atomic mass is 16.5. The van der Waals surface area contributed by atoms with Gasteiger partial charge in [0, 0.05) is 25.6 Å². The summed E-state index contributed by atoms with van der Waals surface area (Å²) >= 11 is 0. The Morgan fingerprint density at radius 3 is 2.78 bits per heavy atom. The molecule has 2 heterocycles. The second kappa shape index (κ2) is 5.77. The van der Waals surface area contributed by atoms with Gasteiger partial charge in [0.1, 0.15) is 5.78 Å². The van der Waals surface area contributed by atoms with E-state index in [0.717, 1.165) is 18.8 Å². The first-order valence-electron chi connectivity index (χ1n) is 6.06. The highest BCUT2D eigenvalue weighted by Crippen LogP contribution is 2.11. The van der Waals surface area contributed by atoms with Gasteiger partial charge in [-0.15, -0.1) is 0 Å². The molecule has 98 valence electrons. The van der Waals surface area contributed by atoms with Crippen molar-refractivity contribution in [3.8, 4) is 0 Å². The minimum atomic E-state index is -0.166. The summed E-state index contributed by atoms with van der Waals surface area (Å²) in [4.78, 5) is 24.8. The van der Waals surface area contributed by atoms with Gasteiger partial charge in [-0.25, -0.2) is 4.68 Å². The van der Waals surface area contributed by atoms with Gasteiger partial charge in [-0.05, 0) is 6.92 Å². The number of ketones is 1. The first-order chi connectivity index (χ1) is 8.66. The molecular weight excluding hydrogens is 234 g/mol. The Balaban J connectivity index is 2.09. The highest BCUT2D eigenvalue weighted by Gasteiger charge is 2.12. The molecule has 1 aliphatic heterocycles. The van der Waals surface area contributed by atoms with E-state index in [1.807, 2.05) is 0 Å². The van der Waals surface area contributed by atoms with Crippen molar-refractivity contribution in [2.24, 2.45) is 0 Å². The smallest absolute Gasteiger partial charge is 0.268 e. The summed E-state index contributed by atoms with van der Waals surface area (Å²) in [5.41, 5.74) is 0.655. The summed E-state index contributed by atoms with van der Waals surface area (Å²) in [6.07, 6.45) is 2.01. The molecule has 0 saturated carbocycles. The normalized spacial score (nSPS) is 15.7. The van der Waals surface area contributed by atoms with E-state index in [2.05, 4.69) is 10.00 Å². The van der Waals surface area contributed by atoms with Gasteiger partial charge in [-0.1, -0.05) is 0 Å². The molecule has 0 radical (unpaired) electrons. The van der Waals surface area contributed by atoms with Crippen LogP contribution in [0, 0.1) is 0 Å². The summed E-state index contributed by atoms with van der Waals surface area (Å²) < 4.78 is 6.58. The summed E-state index contributed by atoms with van der Waals surface area (Å²) in [5.74, 6) is 0.0564. The average Bonchev–Trinajstić information content (AvgIpc) is 2.38. The number of hydrogen-bond donors (Lipinski definition) is 0. The van der Waals surface area contributed by atoms with Gasteiger partial charge in [0.2, 0.25) is 0 Å². The van der Waals surface area contributed by atoms with Crippen LogP contribution in [0.4, 0.5) is 5.69 Å². The molecule has 0 bridgehead atoms. The van der Waals surface area contributed by atoms with Crippen molar-refractivity contribution in [2.75, 3.05) is 31.2 Å². The highest BCUT2D eigenvalue weighted by molar-refractivity contribution is 5.75. The van der Waals surface area contributed by atoms with Crippen molar-refractivity contribution in [3.05, 3.63) is 22.6 Å². The van der Waals surface area contributed by atoms with E-state index < -0.39 is 0 Å². The fourth-order valence-corrected chi connectivity index (χ4v) is 1.85. The summed E-state index contributed by atoms with van der Waals surface area (Å²) in [6, 6.07) is 1.57. The first-order valence-corrected chi connectivity index (χ1v) is 6.06. The third kappa shape index (κ3) is 3.16. The predicted molar refractivity (Wildman–Crippen MR) is 66.8 cm³/mol. The number of carbonyl (C=O) groups is 1. The maximum Gasteiger partial charge on any atom is 0.268 e. The van der Waals surface area contributed by atoms with Crippen LogP contribution < -0.4 is 10.5 Å². The van der Waals surface area contributed by atoms with Gasteiger partial charge in [-0.2, -0.15) is 5.10 Å². The molecule has 0 unspecified atom stereocenters. The zero-order chi connectivity index (χ0) is 13.0. The predicted octanol–water partition coefficient (Wildman–Crippen LogP) is 0.0590. The Bertz CT molecular complexity index is 478. The Morgan fingerprint density at radius 1 is 1.44 bits per heavy atom. The van der Waals surface area contributed by atoms with Crippen LogP contribution in [0.25, 0.3) is 0 Å². The van der Waals surface area contributed by atoms with Gasteiger partial charge in [0.25, 0.3) is 5.56 Å². The third-order valence-electron chi connectivity index (χ3n) is 2.91. The maximum atomic E-state index is 11.8. The van der Waals surface area contributed by atoms with Gasteiger partial charge in [0.15, 0.2) is 0 Å². The number of aromatic nitrogens is 2. The fraction of sp³-hybridized carbons (Fsp3) is 0.583. The van der Waals surface area contributed by atoms with E-state index >= 15 is 0 Å². The average molecular weight is 251 g/mol. The van der Waals surface area contributed by atoms with Crippen molar-refractivity contribution >= 4 is 11.5 Å². The molecule has 1 aromatic rings. The first kappa shape index (κ1) is 12.8. The monoisotopic (exact) mass is 251 g/mol. The molecule has 18 heavy (non-hydrogen) atoms. The van der Waals surface area contributed by atoms with E-state index in [9.17, 15) is 9.59 Å². The van der Waals surface area contributed by atoms with Crippen LogP contribution in [-0.4, -0.2) is 41.9 Å². The van der Waals surface area contributed by atoms with Crippen molar-refractivity contribution in [2.45, 2.75) is 19.9 Å². The number of hydrogen-bond acceptors (Lipinski definition) is 5. The Hall–Kier alpha value is -1.69. The second-order valence-electron chi connectivity index (χ2n) is 4.33. The van der Waals surface area contributed by atoms with Gasteiger partial charge in [0.05, 0.1) is 31.6 Å². The maximum absolute atomic E-state index is 11.8. The molecule has 0 amide bonds. The molecule has 1 saturated heterocycles. The van der Waals surface area contributed by atoms with Crippen LogP contribution in [-0.2, 0) is 16.1 Å². The van der Waals surface area contributed by atoms with E-state index in [4.69, 9.17) is 4.74 Å². The number of ether oxygens (including phenoxy) is 1. The minimum absolute atomic E-state index is 0.0564. The van der Waals surface area contributed by atoms with Crippen molar-refractivity contribution in [1.82, 2.24) is 9.78 Å². The molecule has 6 heteroatoms. The van der Waals surface area contributed by atoms with Gasteiger partial charge < -0.3 is 9.64 Å². The van der Waals surface area contributed by atoms with Gasteiger partial charge >= 0.3 is 0 Å². The van der Waals surface area contributed by atoms with Gasteiger partial charge in [-0.3, -0.25) is 9.59 Å². The molecule has 6 nitrogen and oxygen atoms in total. The lowest BCUT2D eigenvalue weighted by Gasteiger charge is -2.28. The second-order valence-corrected chi connectivity index (χ2v) is 4.33. The van der Waals surface area contributed by atoms with Crippen molar-refractivity contribution in [3.63, 3.8) is 0 Å². The largest absolute Gasteiger partial charge is 0.378 e. The Kier molecular flexibility index (Phi) is 4.09. The van der Waals surface area contributed by atoms with Crippen molar-refractivity contribution in [1.29, 1.82) is 0 Å². The van der Waals surface area contributed by atoms with Crippen LogP contribution in [0.5, 0.6) is 0 Å². The lowest BCUT2D eigenvalue weighted by molar-refractivity contribution is -0.117. The Morgan fingerprint density at radius 2 is 2.17 bits per heavy atom. The lowest BCUT2D eigenvalue weighted by atomic mass is 10.3. The molecule has 0 N–H and O–H groups in total. The summed E-state index contributed by atoms with van der Waals surface area (Å²) in [7, 11) is 0. The van der Waals surface area contributed by atoms with Crippen molar-refractivity contribution < 1.29 is 9.53 Å². The third-order valence-corrected chi connectivity index (χ3v) is 2.91. The number of aryl methyl sites for hydroxylation is 1. The minimum Gasteiger partial charge on any atom is -0.378 e. The standard InChI is InChI=1S/C12H17N3O3/c1-10(16)2-3-15-12(17)8-11(9-13-15)14-4-6-18-7-5-14/h8-9H,2-7H2,1H3. The van der Waals surface area contributed by atoms with Crippen LogP contribution in [0.2, 0.25) is 0 Å². The van der Waals surface area contributed by atoms with Crippen LogP contribution in [0.1, 0.15) is 13.3 Å². The quantitative estimate of drug-likeness (QED) is 0.757. The Labute approximate surface area is 105 Å².